The minimum Gasteiger partial charge on any atom is -0.458 e. The first-order chi connectivity index (χ1) is 9.08. The Balaban J connectivity index is 2.03. The molecule has 0 fully saturated rings. The molecule has 2 rings (SSSR count). The first kappa shape index (κ1) is 13.4. The molecule has 6 heteroatoms. The van der Waals surface area contributed by atoms with Crippen LogP contribution in [0.5, 0.6) is 0 Å². The molecule has 0 aliphatic carbocycles. The van der Waals surface area contributed by atoms with Crippen molar-refractivity contribution in [1.82, 2.24) is 10.2 Å². The number of nitrogens with one attached hydrogen (secondary N) is 1. The number of nitrogen functional groups attached to an aromatic ring is 1. The number of aromatic amines is 1. The van der Waals surface area contributed by atoms with Crippen LogP contribution in [0, 0.1) is 0 Å². The summed E-state index contributed by atoms with van der Waals surface area (Å²) in [5, 5.41) is 7.38. The number of carbonyl (C=O) groups is 1. The molecule has 0 amide bonds. The van der Waals surface area contributed by atoms with Crippen molar-refractivity contribution >= 4 is 22.6 Å². The topological polar surface area (TPSA) is 90.2 Å². The predicted octanol–water partition coefficient (Wildman–Crippen LogP) is 1.73. The van der Waals surface area contributed by atoms with Gasteiger partial charge in [-0.2, -0.15) is 5.10 Å². The molecule has 0 aliphatic rings. The van der Waals surface area contributed by atoms with E-state index in [4.69, 9.17) is 15.2 Å². The fourth-order valence-corrected chi connectivity index (χ4v) is 1.67. The second kappa shape index (κ2) is 5.71. The van der Waals surface area contributed by atoms with Crippen LogP contribution in [-0.2, 0) is 9.47 Å². The molecule has 102 valence electrons. The van der Waals surface area contributed by atoms with Crippen molar-refractivity contribution in [3.63, 3.8) is 0 Å². The highest BCUT2D eigenvalue weighted by Gasteiger charge is 2.15. The van der Waals surface area contributed by atoms with Gasteiger partial charge in [0.1, 0.15) is 6.61 Å². The first-order valence-electron chi connectivity index (χ1n) is 6.10. The Morgan fingerprint density at radius 1 is 1.42 bits per heavy atom. The number of anilines is 1. The summed E-state index contributed by atoms with van der Waals surface area (Å²) in [4.78, 5) is 11.9. The van der Waals surface area contributed by atoms with E-state index in [1.807, 2.05) is 13.8 Å². The van der Waals surface area contributed by atoms with Gasteiger partial charge in [0.2, 0.25) is 0 Å². The first-order valence-corrected chi connectivity index (χ1v) is 6.10. The number of nitrogens with two attached hydrogens (primary N) is 1. The number of hydrogen-bond acceptors (Lipinski definition) is 5. The van der Waals surface area contributed by atoms with Crippen molar-refractivity contribution in [2.24, 2.45) is 0 Å². The molecule has 0 unspecified atom stereocenters. The zero-order chi connectivity index (χ0) is 13.8. The van der Waals surface area contributed by atoms with Crippen LogP contribution < -0.4 is 5.73 Å². The number of fused-ring (bicyclic) bond motifs is 1. The highest BCUT2D eigenvalue weighted by Crippen LogP contribution is 2.19. The zero-order valence-corrected chi connectivity index (χ0v) is 11.0. The lowest BCUT2D eigenvalue weighted by molar-refractivity contribution is 0.0174. The van der Waals surface area contributed by atoms with Crippen molar-refractivity contribution in [3.05, 3.63) is 23.9 Å². The largest absolute Gasteiger partial charge is 0.458 e. The van der Waals surface area contributed by atoms with Gasteiger partial charge in [0, 0.05) is 11.1 Å². The van der Waals surface area contributed by atoms with Crippen molar-refractivity contribution in [3.8, 4) is 0 Å². The molecule has 1 aromatic heterocycles. The van der Waals surface area contributed by atoms with E-state index in [9.17, 15) is 4.79 Å². The van der Waals surface area contributed by atoms with E-state index in [0.717, 1.165) is 5.52 Å². The summed E-state index contributed by atoms with van der Waals surface area (Å²) in [7, 11) is 0. The number of ether oxygens (including phenoxy) is 2. The number of esters is 1. The maximum absolute atomic E-state index is 11.9. The third kappa shape index (κ3) is 3.23. The van der Waals surface area contributed by atoms with Gasteiger partial charge < -0.3 is 15.2 Å². The maximum atomic E-state index is 11.9. The summed E-state index contributed by atoms with van der Waals surface area (Å²) in [5.41, 5.74) is 7.26. The van der Waals surface area contributed by atoms with Crippen LogP contribution in [0.1, 0.15) is 24.3 Å². The van der Waals surface area contributed by atoms with Crippen molar-refractivity contribution in [2.45, 2.75) is 20.0 Å². The number of aromatic nitrogens is 2. The molecule has 0 saturated heterocycles. The van der Waals surface area contributed by atoms with Gasteiger partial charge >= 0.3 is 5.97 Å². The average molecular weight is 263 g/mol. The molecule has 0 atom stereocenters. The van der Waals surface area contributed by atoms with E-state index in [0.29, 0.717) is 17.7 Å². The number of rotatable bonds is 5. The van der Waals surface area contributed by atoms with Crippen LogP contribution in [0.25, 0.3) is 10.9 Å². The third-order valence-corrected chi connectivity index (χ3v) is 2.55. The highest BCUT2D eigenvalue weighted by molar-refractivity contribution is 6.02. The Hall–Kier alpha value is -2.08. The number of H-pyrrole nitrogens is 1. The molecule has 2 aromatic rings. The quantitative estimate of drug-likeness (QED) is 0.487. The fourth-order valence-electron chi connectivity index (χ4n) is 1.67. The summed E-state index contributed by atoms with van der Waals surface area (Å²) in [6, 6.07) is 5.21. The standard InChI is InChI=1S/C13H17N3O3/c1-8(2)18-5-6-19-13(17)12-10-7-9(14)3-4-11(10)15-16-12/h3-4,7-8H,5-6,14H2,1-2H3,(H,15,16). The number of carbonyl (C=O) groups excluding carboxylic acids is 1. The lowest BCUT2D eigenvalue weighted by Gasteiger charge is -2.07. The van der Waals surface area contributed by atoms with E-state index in [-0.39, 0.29) is 18.4 Å². The van der Waals surface area contributed by atoms with Crippen molar-refractivity contribution in [2.75, 3.05) is 18.9 Å². The van der Waals surface area contributed by atoms with Crippen LogP contribution in [0.3, 0.4) is 0 Å². The average Bonchev–Trinajstić information content (AvgIpc) is 2.77. The van der Waals surface area contributed by atoms with Crippen LogP contribution in [0.15, 0.2) is 18.2 Å². The molecular weight excluding hydrogens is 246 g/mol. The molecule has 3 N–H and O–H groups in total. The van der Waals surface area contributed by atoms with E-state index >= 15 is 0 Å². The molecule has 0 aliphatic heterocycles. The lowest BCUT2D eigenvalue weighted by Crippen LogP contribution is -2.14. The maximum Gasteiger partial charge on any atom is 0.359 e. The van der Waals surface area contributed by atoms with Crippen molar-refractivity contribution < 1.29 is 14.3 Å². The van der Waals surface area contributed by atoms with Gasteiger partial charge in [0.05, 0.1) is 18.2 Å². The van der Waals surface area contributed by atoms with Crippen LogP contribution >= 0.6 is 0 Å². The molecule has 0 saturated carbocycles. The molecule has 0 bridgehead atoms. The Bertz CT molecular complexity index is 578. The second-order valence-corrected chi connectivity index (χ2v) is 4.43. The molecule has 0 radical (unpaired) electrons. The van der Waals surface area contributed by atoms with Crippen LogP contribution in [0.4, 0.5) is 5.69 Å². The minimum absolute atomic E-state index is 0.115. The van der Waals surface area contributed by atoms with Crippen LogP contribution in [0.2, 0.25) is 0 Å². The molecule has 6 nitrogen and oxygen atoms in total. The summed E-state index contributed by atoms with van der Waals surface area (Å²) < 4.78 is 10.4. The normalized spacial score (nSPS) is 11.1. The van der Waals surface area contributed by atoms with Crippen molar-refractivity contribution in [1.29, 1.82) is 0 Å². The summed E-state index contributed by atoms with van der Waals surface area (Å²) >= 11 is 0. The Morgan fingerprint density at radius 3 is 2.95 bits per heavy atom. The van der Waals surface area contributed by atoms with Gasteiger partial charge in [-0.05, 0) is 32.0 Å². The minimum atomic E-state index is -0.482. The summed E-state index contributed by atoms with van der Waals surface area (Å²) in [5.74, 6) is -0.482. The third-order valence-electron chi connectivity index (χ3n) is 2.55. The second-order valence-electron chi connectivity index (χ2n) is 4.43. The molecule has 0 spiro atoms. The van der Waals surface area contributed by atoms with Crippen LogP contribution in [-0.4, -0.2) is 35.5 Å². The smallest absolute Gasteiger partial charge is 0.359 e. The number of hydrogen-bond donors (Lipinski definition) is 2. The van der Waals surface area contributed by atoms with E-state index in [1.165, 1.54) is 0 Å². The molecule has 19 heavy (non-hydrogen) atoms. The van der Waals surface area contributed by atoms with Gasteiger partial charge in [-0.15, -0.1) is 0 Å². The Kier molecular flexibility index (Phi) is 4.01. The van der Waals surface area contributed by atoms with E-state index in [2.05, 4.69) is 10.2 Å². The van der Waals surface area contributed by atoms with Gasteiger partial charge in [-0.25, -0.2) is 4.79 Å². The molecule has 1 aromatic carbocycles. The van der Waals surface area contributed by atoms with Gasteiger partial charge in [-0.1, -0.05) is 0 Å². The summed E-state index contributed by atoms with van der Waals surface area (Å²) in [6.07, 6.45) is 0.115. The fraction of sp³-hybridized carbons (Fsp3) is 0.385. The van der Waals surface area contributed by atoms with E-state index in [1.54, 1.807) is 18.2 Å². The molecule has 1 heterocycles. The summed E-state index contributed by atoms with van der Waals surface area (Å²) in [6.45, 7) is 4.42. The van der Waals surface area contributed by atoms with E-state index < -0.39 is 5.97 Å². The Labute approximate surface area is 110 Å². The number of benzene rings is 1. The zero-order valence-electron chi connectivity index (χ0n) is 11.0. The number of nitrogens with zero attached hydrogens (tertiary/aromatic N) is 1. The van der Waals surface area contributed by atoms with Gasteiger partial charge in [0.15, 0.2) is 5.69 Å². The monoisotopic (exact) mass is 263 g/mol. The Morgan fingerprint density at radius 2 is 2.21 bits per heavy atom. The highest BCUT2D eigenvalue weighted by atomic mass is 16.6. The lowest BCUT2D eigenvalue weighted by atomic mass is 10.2. The molecular formula is C13H17N3O3. The van der Waals surface area contributed by atoms with Gasteiger partial charge in [-0.3, -0.25) is 5.10 Å². The SMILES string of the molecule is CC(C)OCCOC(=O)c1n[nH]c2ccc(N)cc12. The van der Waals surface area contributed by atoms with Gasteiger partial charge in [0.25, 0.3) is 0 Å². The predicted molar refractivity (Wildman–Crippen MR) is 71.9 cm³/mol.